The quantitative estimate of drug-likeness (QED) is 0.783. The van der Waals surface area contributed by atoms with Crippen molar-refractivity contribution in [2.75, 3.05) is 11.6 Å². The highest BCUT2D eigenvalue weighted by Gasteiger charge is 2.09. The minimum atomic E-state index is 0.563. The molecule has 0 radical (unpaired) electrons. The van der Waals surface area contributed by atoms with Crippen LogP contribution in [0.4, 0.5) is 5.69 Å². The Labute approximate surface area is 135 Å². The van der Waals surface area contributed by atoms with Crippen LogP contribution in [0.25, 0.3) is 6.08 Å². The lowest BCUT2D eigenvalue weighted by Gasteiger charge is -2.02. The van der Waals surface area contributed by atoms with Crippen LogP contribution in [-0.4, -0.2) is 10.6 Å². The van der Waals surface area contributed by atoms with Gasteiger partial charge in [-0.25, -0.2) is 0 Å². The van der Waals surface area contributed by atoms with Gasteiger partial charge in [0, 0.05) is 21.9 Å². The van der Waals surface area contributed by atoms with E-state index in [9.17, 15) is 0 Å². The zero-order valence-electron chi connectivity index (χ0n) is 10.4. The summed E-state index contributed by atoms with van der Waals surface area (Å²) < 4.78 is 4.22. The van der Waals surface area contributed by atoms with Crippen molar-refractivity contribution in [1.82, 2.24) is 4.37 Å². The van der Waals surface area contributed by atoms with Crippen LogP contribution in [0.1, 0.15) is 10.4 Å². The van der Waals surface area contributed by atoms with Crippen LogP contribution >= 0.6 is 46.5 Å². The highest BCUT2D eigenvalue weighted by molar-refractivity contribution is 7.98. The molecule has 0 aliphatic carbocycles. The van der Waals surface area contributed by atoms with Gasteiger partial charge >= 0.3 is 0 Å². The Balaban J connectivity index is 2.14. The van der Waals surface area contributed by atoms with Crippen molar-refractivity contribution in [3.63, 3.8) is 0 Å². The summed E-state index contributed by atoms with van der Waals surface area (Å²) >= 11 is 14.6. The molecule has 0 atom stereocenters. The number of hydrogen-bond acceptors (Lipinski definition) is 5. The molecule has 7 heteroatoms. The van der Waals surface area contributed by atoms with Crippen LogP contribution in [0.15, 0.2) is 29.4 Å². The first-order chi connectivity index (χ1) is 9.63. The summed E-state index contributed by atoms with van der Waals surface area (Å²) in [5.41, 5.74) is 1.39. The molecule has 2 rings (SSSR count). The fourth-order valence-electron chi connectivity index (χ4n) is 1.49. The average Bonchev–Trinajstić information content (AvgIpc) is 2.79. The summed E-state index contributed by atoms with van der Waals surface area (Å²) in [6, 6.07) is 7.37. The molecule has 0 saturated carbocycles. The third-order valence-corrected chi connectivity index (χ3v) is 4.38. The van der Waals surface area contributed by atoms with Crippen LogP contribution < -0.4 is 5.32 Å². The molecule has 0 saturated heterocycles. The number of aromatic nitrogens is 1. The molecule has 0 bridgehead atoms. The summed E-state index contributed by atoms with van der Waals surface area (Å²) in [5, 5.41) is 14.1. The van der Waals surface area contributed by atoms with Gasteiger partial charge in [-0.15, -0.1) is 11.8 Å². The molecule has 0 aliphatic heterocycles. The zero-order chi connectivity index (χ0) is 14.5. The number of nitriles is 1. The monoisotopic (exact) mass is 341 g/mol. The van der Waals surface area contributed by atoms with Crippen molar-refractivity contribution in [2.45, 2.75) is 5.03 Å². The van der Waals surface area contributed by atoms with Crippen molar-refractivity contribution >= 4 is 58.3 Å². The molecule has 1 N–H and O–H groups in total. The van der Waals surface area contributed by atoms with E-state index < -0.39 is 0 Å². The number of nitrogens with one attached hydrogen (secondary N) is 1. The van der Waals surface area contributed by atoms with Gasteiger partial charge in [-0.1, -0.05) is 23.2 Å². The first kappa shape index (κ1) is 15.2. The van der Waals surface area contributed by atoms with Gasteiger partial charge in [-0.05, 0) is 42.1 Å². The molecule has 2 aromatic rings. The predicted octanol–water partition coefficient (Wildman–Crippen LogP) is 5.13. The lowest BCUT2D eigenvalue weighted by molar-refractivity contribution is 1.25. The first-order valence-electron chi connectivity index (χ1n) is 5.47. The second kappa shape index (κ2) is 7.00. The number of halogens is 2. The molecule has 20 heavy (non-hydrogen) atoms. The van der Waals surface area contributed by atoms with E-state index in [1.165, 1.54) is 23.3 Å². The second-order valence-corrected chi connectivity index (χ2v) is 6.15. The molecule has 1 heterocycles. The van der Waals surface area contributed by atoms with Crippen molar-refractivity contribution in [3.8, 4) is 6.07 Å². The first-order valence-corrected chi connectivity index (χ1v) is 8.22. The third-order valence-electron chi connectivity index (χ3n) is 2.34. The second-order valence-electron chi connectivity index (χ2n) is 3.68. The fraction of sp³-hybridized carbons (Fsp3) is 0.0769. The number of rotatable bonds is 4. The molecule has 0 amide bonds. The summed E-state index contributed by atoms with van der Waals surface area (Å²) in [4.78, 5) is 0.817. The highest BCUT2D eigenvalue weighted by atomic mass is 35.5. The van der Waals surface area contributed by atoms with Gasteiger partial charge in [-0.2, -0.15) is 9.64 Å². The predicted molar refractivity (Wildman–Crippen MR) is 87.7 cm³/mol. The van der Waals surface area contributed by atoms with E-state index in [4.69, 9.17) is 28.5 Å². The van der Waals surface area contributed by atoms with Gasteiger partial charge < -0.3 is 5.32 Å². The maximum atomic E-state index is 9.12. The highest BCUT2D eigenvalue weighted by Crippen LogP contribution is 2.27. The molecule has 102 valence electrons. The lowest BCUT2D eigenvalue weighted by atomic mass is 10.3. The van der Waals surface area contributed by atoms with E-state index in [0.29, 0.717) is 15.6 Å². The Kier molecular flexibility index (Phi) is 5.32. The SMILES string of the molecule is CSc1nsc(C=CNc2cc(Cl)cc(Cl)c2)c1C#N. The minimum absolute atomic E-state index is 0.563. The zero-order valence-corrected chi connectivity index (χ0v) is 13.5. The van der Waals surface area contributed by atoms with Crippen LogP contribution in [0.3, 0.4) is 0 Å². The van der Waals surface area contributed by atoms with E-state index in [1.807, 2.05) is 12.3 Å². The summed E-state index contributed by atoms with van der Waals surface area (Å²) in [5.74, 6) is 0. The molecule has 1 aromatic carbocycles. The van der Waals surface area contributed by atoms with Crippen molar-refractivity contribution in [3.05, 3.63) is 44.9 Å². The summed E-state index contributed by atoms with van der Waals surface area (Å²) in [6.45, 7) is 0. The Hall–Kier alpha value is -1.19. The van der Waals surface area contributed by atoms with Gasteiger partial charge in [0.25, 0.3) is 0 Å². The summed E-state index contributed by atoms with van der Waals surface area (Å²) in [7, 11) is 0. The van der Waals surface area contributed by atoms with Gasteiger partial charge in [-0.3, -0.25) is 0 Å². The third kappa shape index (κ3) is 3.68. The van der Waals surface area contributed by atoms with Gasteiger partial charge in [0.2, 0.25) is 0 Å². The van der Waals surface area contributed by atoms with Crippen LogP contribution in [0, 0.1) is 11.3 Å². The number of nitrogens with zero attached hydrogens (tertiary/aromatic N) is 2. The molecule has 0 spiro atoms. The normalized spacial score (nSPS) is 10.7. The van der Waals surface area contributed by atoms with E-state index in [0.717, 1.165) is 15.6 Å². The number of thioether (sulfide) groups is 1. The van der Waals surface area contributed by atoms with Gasteiger partial charge in [0.05, 0.1) is 4.88 Å². The smallest absolute Gasteiger partial charge is 0.128 e. The van der Waals surface area contributed by atoms with Crippen LogP contribution in [0.2, 0.25) is 10.0 Å². The standard InChI is InChI=1S/C13H9Cl2N3S2/c1-19-13-11(7-16)12(20-18-13)2-3-17-10-5-8(14)4-9(15)6-10/h2-6,17H,1H3. The maximum absolute atomic E-state index is 9.12. The number of anilines is 1. The molecule has 0 unspecified atom stereocenters. The van der Waals surface area contributed by atoms with Crippen molar-refractivity contribution in [1.29, 1.82) is 5.26 Å². The van der Waals surface area contributed by atoms with Gasteiger partial charge in [0.1, 0.15) is 16.7 Å². The number of hydrogen-bond donors (Lipinski definition) is 1. The lowest BCUT2D eigenvalue weighted by Crippen LogP contribution is -1.87. The summed E-state index contributed by atoms with van der Waals surface area (Å²) in [6.07, 6.45) is 5.45. The van der Waals surface area contributed by atoms with E-state index in [2.05, 4.69) is 15.8 Å². The van der Waals surface area contributed by atoms with Crippen LogP contribution in [0.5, 0.6) is 0 Å². The van der Waals surface area contributed by atoms with Gasteiger partial charge in [0.15, 0.2) is 0 Å². The Morgan fingerprint density at radius 3 is 2.65 bits per heavy atom. The Bertz CT molecular complexity index is 669. The average molecular weight is 342 g/mol. The topological polar surface area (TPSA) is 48.7 Å². The fourth-order valence-corrected chi connectivity index (χ4v) is 3.49. The molecule has 3 nitrogen and oxygen atoms in total. The van der Waals surface area contributed by atoms with E-state index in [1.54, 1.807) is 24.4 Å². The largest absolute Gasteiger partial charge is 0.362 e. The van der Waals surface area contributed by atoms with E-state index >= 15 is 0 Å². The van der Waals surface area contributed by atoms with Crippen LogP contribution in [-0.2, 0) is 0 Å². The molecule has 1 aromatic heterocycles. The maximum Gasteiger partial charge on any atom is 0.128 e. The molecule has 0 fully saturated rings. The van der Waals surface area contributed by atoms with Crippen molar-refractivity contribution in [2.24, 2.45) is 0 Å². The van der Waals surface area contributed by atoms with Crippen molar-refractivity contribution < 1.29 is 0 Å². The Morgan fingerprint density at radius 2 is 2.05 bits per heavy atom. The Morgan fingerprint density at radius 1 is 1.35 bits per heavy atom. The molecular formula is C13H9Cl2N3S2. The number of benzene rings is 1. The molecular weight excluding hydrogens is 333 g/mol. The molecule has 0 aliphatic rings. The minimum Gasteiger partial charge on any atom is -0.362 e. The van der Waals surface area contributed by atoms with E-state index in [-0.39, 0.29) is 0 Å².